The van der Waals surface area contributed by atoms with Crippen molar-refractivity contribution in [3.63, 3.8) is 0 Å². The summed E-state index contributed by atoms with van der Waals surface area (Å²) in [5, 5.41) is 5.96. The number of benzene rings is 2. The number of rotatable bonds is 4. The summed E-state index contributed by atoms with van der Waals surface area (Å²) < 4.78 is 5.85. The highest BCUT2D eigenvalue weighted by molar-refractivity contribution is 6.05. The van der Waals surface area contributed by atoms with Gasteiger partial charge in [0.2, 0.25) is 0 Å². The highest BCUT2D eigenvalue weighted by Crippen LogP contribution is 2.30. The lowest BCUT2D eigenvalue weighted by Gasteiger charge is -2.21. The molecule has 0 saturated carbocycles. The van der Waals surface area contributed by atoms with E-state index < -0.39 is 0 Å². The van der Waals surface area contributed by atoms with Crippen LogP contribution in [0.2, 0.25) is 0 Å². The van der Waals surface area contributed by atoms with Gasteiger partial charge in [0.15, 0.2) is 0 Å². The Labute approximate surface area is 119 Å². The Balaban J connectivity index is 1.99. The fourth-order valence-corrected chi connectivity index (χ4v) is 2.57. The summed E-state index contributed by atoms with van der Waals surface area (Å²) in [6, 6.07) is 15.0. The molecule has 0 amide bonds. The average molecular weight is 267 g/mol. The van der Waals surface area contributed by atoms with Crippen LogP contribution < -0.4 is 5.32 Å². The van der Waals surface area contributed by atoms with Gasteiger partial charge in [0, 0.05) is 22.5 Å². The molecule has 2 aromatic carbocycles. The van der Waals surface area contributed by atoms with Crippen molar-refractivity contribution >= 4 is 27.6 Å². The van der Waals surface area contributed by atoms with E-state index in [1.54, 1.807) is 0 Å². The van der Waals surface area contributed by atoms with Gasteiger partial charge in [-0.25, -0.2) is 0 Å². The molecule has 104 valence electrons. The molecule has 2 heteroatoms. The van der Waals surface area contributed by atoms with Gasteiger partial charge in [-0.15, -0.1) is 0 Å². The van der Waals surface area contributed by atoms with Crippen LogP contribution in [0.3, 0.4) is 0 Å². The molecule has 3 aromatic rings. The summed E-state index contributed by atoms with van der Waals surface area (Å²) >= 11 is 0. The molecule has 1 N–H and O–H groups in total. The fourth-order valence-electron chi connectivity index (χ4n) is 2.57. The van der Waals surface area contributed by atoms with Crippen molar-refractivity contribution in [2.24, 2.45) is 5.92 Å². The number of fused-ring (bicyclic) bond motifs is 3. The summed E-state index contributed by atoms with van der Waals surface area (Å²) in [6.07, 6.45) is 1.19. The Morgan fingerprint density at radius 2 is 1.75 bits per heavy atom. The summed E-state index contributed by atoms with van der Waals surface area (Å²) in [5.41, 5.74) is 3.07. The Morgan fingerprint density at radius 3 is 2.55 bits per heavy atom. The van der Waals surface area contributed by atoms with Crippen molar-refractivity contribution < 1.29 is 4.42 Å². The van der Waals surface area contributed by atoms with Gasteiger partial charge in [-0.2, -0.15) is 0 Å². The monoisotopic (exact) mass is 267 g/mol. The second-order valence-corrected chi connectivity index (χ2v) is 5.63. The predicted molar refractivity (Wildman–Crippen MR) is 86.3 cm³/mol. The maximum absolute atomic E-state index is 5.85. The summed E-state index contributed by atoms with van der Waals surface area (Å²) in [5.74, 6) is 0.659. The maximum atomic E-state index is 5.85. The molecular weight excluding hydrogens is 246 g/mol. The smallest absolute Gasteiger partial charge is 0.135 e. The topological polar surface area (TPSA) is 25.2 Å². The zero-order valence-corrected chi connectivity index (χ0v) is 12.3. The van der Waals surface area contributed by atoms with E-state index in [1.165, 1.54) is 17.2 Å². The number of furan rings is 1. The largest absolute Gasteiger partial charge is 0.456 e. The van der Waals surface area contributed by atoms with Crippen molar-refractivity contribution in [3.05, 3.63) is 42.5 Å². The molecule has 1 aromatic heterocycles. The van der Waals surface area contributed by atoms with Crippen LogP contribution in [0, 0.1) is 5.92 Å². The Morgan fingerprint density at radius 1 is 1.00 bits per heavy atom. The number of hydrogen-bond donors (Lipinski definition) is 1. The first-order chi connectivity index (χ1) is 9.69. The third-order valence-electron chi connectivity index (χ3n) is 4.27. The lowest BCUT2D eigenvalue weighted by molar-refractivity contribution is 0.495. The van der Waals surface area contributed by atoms with Gasteiger partial charge in [0.05, 0.1) is 0 Å². The molecule has 2 unspecified atom stereocenters. The average Bonchev–Trinajstić information content (AvgIpc) is 2.84. The number of hydrogen-bond acceptors (Lipinski definition) is 2. The minimum absolute atomic E-state index is 0.468. The Kier molecular flexibility index (Phi) is 3.39. The number of anilines is 1. The van der Waals surface area contributed by atoms with Crippen LogP contribution in [0.5, 0.6) is 0 Å². The van der Waals surface area contributed by atoms with Crippen molar-refractivity contribution in [1.29, 1.82) is 0 Å². The van der Waals surface area contributed by atoms with Crippen LogP contribution >= 0.6 is 0 Å². The van der Waals surface area contributed by atoms with Crippen LogP contribution in [-0.2, 0) is 0 Å². The normalized spacial score (nSPS) is 14.6. The Hall–Kier alpha value is -1.96. The molecule has 0 radical (unpaired) electrons. The van der Waals surface area contributed by atoms with E-state index in [2.05, 4.69) is 56.4 Å². The first-order valence-corrected chi connectivity index (χ1v) is 7.37. The molecule has 0 aliphatic carbocycles. The van der Waals surface area contributed by atoms with Gasteiger partial charge >= 0.3 is 0 Å². The van der Waals surface area contributed by atoms with Gasteiger partial charge in [-0.1, -0.05) is 38.5 Å². The summed E-state index contributed by atoms with van der Waals surface area (Å²) in [7, 11) is 0. The minimum atomic E-state index is 0.468. The zero-order valence-electron chi connectivity index (χ0n) is 12.3. The van der Waals surface area contributed by atoms with Crippen LogP contribution in [0.1, 0.15) is 27.2 Å². The number of para-hydroxylation sites is 1. The lowest BCUT2D eigenvalue weighted by atomic mass is 10.0. The van der Waals surface area contributed by atoms with Gasteiger partial charge in [-0.3, -0.25) is 0 Å². The van der Waals surface area contributed by atoms with Crippen LogP contribution in [-0.4, -0.2) is 6.04 Å². The molecule has 0 aliphatic heterocycles. The zero-order chi connectivity index (χ0) is 14.1. The highest BCUT2D eigenvalue weighted by Gasteiger charge is 2.11. The van der Waals surface area contributed by atoms with Crippen molar-refractivity contribution in [1.82, 2.24) is 0 Å². The van der Waals surface area contributed by atoms with E-state index in [0.717, 1.165) is 16.9 Å². The van der Waals surface area contributed by atoms with Crippen LogP contribution in [0.25, 0.3) is 21.9 Å². The first-order valence-electron chi connectivity index (χ1n) is 7.37. The molecule has 0 fully saturated rings. The molecule has 0 saturated heterocycles. The molecule has 0 spiro atoms. The third kappa shape index (κ3) is 2.26. The quantitative estimate of drug-likeness (QED) is 0.681. The van der Waals surface area contributed by atoms with Crippen molar-refractivity contribution in [2.75, 3.05) is 5.32 Å². The predicted octanol–water partition coefficient (Wildman–Crippen LogP) is 5.43. The molecule has 3 rings (SSSR count). The van der Waals surface area contributed by atoms with Gasteiger partial charge in [0.25, 0.3) is 0 Å². The van der Waals surface area contributed by atoms with Crippen molar-refractivity contribution in [3.8, 4) is 0 Å². The lowest BCUT2D eigenvalue weighted by Crippen LogP contribution is -2.23. The Bertz CT molecular complexity index is 728. The minimum Gasteiger partial charge on any atom is -0.456 e. The summed E-state index contributed by atoms with van der Waals surface area (Å²) in [6.45, 7) is 6.75. The molecular formula is C18H21NO. The molecule has 0 aliphatic rings. The maximum Gasteiger partial charge on any atom is 0.135 e. The van der Waals surface area contributed by atoms with Gasteiger partial charge in [0.1, 0.15) is 11.2 Å². The van der Waals surface area contributed by atoms with E-state index in [-0.39, 0.29) is 0 Å². The second kappa shape index (κ2) is 5.20. The first kappa shape index (κ1) is 13.0. The molecule has 2 nitrogen and oxygen atoms in total. The third-order valence-corrected chi connectivity index (χ3v) is 4.27. The van der Waals surface area contributed by atoms with Crippen LogP contribution in [0.4, 0.5) is 5.69 Å². The van der Waals surface area contributed by atoms with E-state index in [4.69, 9.17) is 4.42 Å². The SMILES string of the molecule is CCC(C)C(C)Nc1ccc2oc3ccccc3c2c1. The fraction of sp³-hybridized carbons (Fsp3) is 0.333. The van der Waals surface area contributed by atoms with Crippen molar-refractivity contribution in [2.45, 2.75) is 33.2 Å². The number of nitrogens with one attached hydrogen (secondary N) is 1. The van der Waals surface area contributed by atoms with Gasteiger partial charge in [-0.05, 0) is 37.1 Å². The summed E-state index contributed by atoms with van der Waals surface area (Å²) in [4.78, 5) is 0. The van der Waals surface area contributed by atoms with E-state index in [9.17, 15) is 0 Å². The van der Waals surface area contributed by atoms with E-state index in [1.807, 2.05) is 12.1 Å². The van der Waals surface area contributed by atoms with Crippen LogP contribution in [0.15, 0.2) is 46.9 Å². The molecule has 20 heavy (non-hydrogen) atoms. The van der Waals surface area contributed by atoms with E-state index >= 15 is 0 Å². The molecule has 2 atom stereocenters. The molecule has 1 heterocycles. The highest BCUT2D eigenvalue weighted by atomic mass is 16.3. The standard InChI is InChI=1S/C18H21NO/c1-4-12(2)13(3)19-14-9-10-18-16(11-14)15-7-5-6-8-17(15)20-18/h5-13,19H,4H2,1-3H3. The van der Waals surface area contributed by atoms with Gasteiger partial charge < -0.3 is 9.73 Å². The second-order valence-electron chi connectivity index (χ2n) is 5.63. The molecule has 0 bridgehead atoms. The van der Waals surface area contributed by atoms with E-state index in [0.29, 0.717) is 12.0 Å².